The van der Waals surface area contributed by atoms with Crippen LogP contribution in [0.25, 0.3) is 21.2 Å². The van der Waals surface area contributed by atoms with Crippen LogP contribution in [0.5, 0.6) is 5.75 Å². The van der Waals surface area contributed by atoms with Crippen molar-refractivity contribution < 1.29 is 9.53 Å². The maximum absolute atomic E-state index is 11.3. The molecule has 0 aliphatic carbocycles. The molecule has 0 bridgehead atoms. The highest BCUT2D eigenvalue weighted by atomic mass is 35.5. The average molecular weight is 475 g/mol. The normalized spacial score (nSPS) is 11.6. The van der Waals surface area contributed by atoms with E-state index in [4.69, 9.17) is 22.1 Å². The smallest absolute Gasteiger partial charge is 0.219 e. The van der Waals surface area contributed by atoms with Gasteiger partial charge in [0.1, 0.15) is 17.5 Å². The van der Waals surface area contributed by atoms with Crippen molar-refractivity contribution in [1.29, 1.82) is 0 Å². The molecule has 1 atom stereocenters. The first-order valence-corrected chi connectivity index (χ1v) is 11.8. The lowest BCUT2D eigenvalue weighted by atomic mass is 9.96. The fraction of sp³-hybridized carbons (Fsp3) is 0.185. The van der Waals surface area contributed by atoms with Crippen LogP contribution in [0, 0.1) is 18.8 Å². The molecular formula is C27H23ClN2O2S. The van der Waals surface area contributed by atoms with Crippen LogP contribution < -0.4 is 10.5 Å². The molecule has 0 aliphatic heterocycles. The van der Waals surface area contributed by atoms with E-state index in [1.165, 1.54) is 10.1 Å². The number of hydrogen-bond donors (Lipinski definition) is 1. The zero-order chi connectivity index (χ0) is 23.4. The Bertz CT molecular complexity index is 1370. The quantitative estimate of drug-likeness (QED) is 0.246. The van der Waals surface area contributed by atoms with Gasteiger partial charge in [0.15, 0.2) is 0 Å². The van der Waals surface area contributed by atoms with Crippen LogP contribution in [-0.2, 0) is 11.4 Å². The molecule has 2 aromatic carbocycles. The second kappa shape index (κ2) is 10.1. The highest BCUT2D eigenvalue weighted by Gasteiger charge is 2.13. The molecule has 0 saturated carbocycles. The van der Waals surface area contributed by atoms with Gasteiger partial charge < -0.3 is 10.5 Å². The summed E-state index contributed by atoms with van der Waals surface area (Å²) in [5, 5.41) is 3.82. The van der Waals surface area contributed by atoms with Crippen LogP contribution in [0.3, 0.4) is 0 Å². The van der Waals surface area contributed by atoms with E-state index in [0.717, 1.165) is 33.6 Å². The summed E-state index contributed by atoms with van der Waals surface area (Å²) in [6.07, 6.45) is 2.00. The lowest BCUT2D eigenvalue weighted by Gasteiger charge is -2.11. The topological polar surface area (TPSA) is 65.2 Å². The summed E-state index contributed by atoms with van der Waals surface area (Å²) < 4.78 is 7.24. The van der Waals surface area contributed by atoms with Crippen LogP contribution in [0.2, 0.25) is 5.15 Å². The van der Waals surface area contributed by atoms with Crippen LogP contribution >= 0.6 is 22.9 Å². The summed E-state index contributed by atoms with van der Waals surface area (Å²) >= 11 is 7.86. The van der Waals surface area contributed by atoms with E-state index in [1.807, 2.05) is 37.3 Å². The number of thiophene rings is 1. The van der Waals surface area contributed by atoms with Crippen molar-refractivity contribution in [3.8, 4) is 28.7 Å². The van der Waals surface area contributed by atoms with Gasteiger partial charge in [0.25, 0.3) is 0 Å². The van der Waals surface area contributed by atoms with E-state index < -0.39 is 0 Å². The number of nitrogens with two attached hydrogens (primary N) is 1. The third-order valence-electron chi connectivity index (χ3n) is 5.41. The number of amides is 1. The molecule has 6 heteroatoms. The molecule has 2 N–H and O–H groups in total. The number of primary amides is 1. The van der Waals surface area contributed by atoms with Crippen molar-refractivity contribution in [2.45, 2.75) is 32.8 Å². The Hall–Kier alpha value is -3.33. The number of halogens is 1. The molecule has 0 saturated heterocycles. The lowest BCUT2D eigenvalue weighted by Crippen LogP contribution is -2.14. The molecule has 1 amide bonds. The molecule has 0 spiro atoms. The Morgan fingerprint density at radius 1 is 1.18 bits per heavy atom. The molecule has 166 valence electrons. The number of benzene rings is 2. The zero-order valence-corrected chi connectivity index (χ0v) is 20.0. The van der Waals surface area contributed by atoms with Crippen molar-refractivity contribution in [3.63, 3.8) is 0 Å². The van der Waals surface area contributed by atoms with Crippen molar-refractivity contribution >= 4 is 38.9 Å². The standard InChI is InChI=1S/C27H23ClN2O2S/c1-3-4-20(12-27(29)31)19-6-8-21(9-7-19)32-15-18-5-10-25-23(11-18)24(16-33-25)22-13-26(28)30-14-17(22)2/h5-11,13-14,16,20H,12,15H2,1-2H3,(H2,29,31)/t20-/m0/s1. The van der Waals surface area contributed by atoms with Gasteiger partial charge in [0, 0.05) is 28.3 Å². The SMILES string of the molecule is CC#C[C@@H](CC(N)=O)c1ccc(OCc2ccc3scc(-c4cc(Cl)ncc4C)c3c2)cc1. The van der Waals surface area contributed by atoms with Crippen LogP contribution in [0.4, 0.5) is 0 Å². The number of fused-ring (bicyclic) bond motifs is 1. The van der Waals surface area contributed by atoms with Crippen molar-refractivity contribution in [3.05, 3.63) is 82.0 Å². The van der Waals surface area contributed by atoms with E-state index in [0.29, 0.717) is 11.8 Å². The molecule has 0 aliphatic rings. The molecule has 2 aromatic heterocycles. The van der Waals surface area contributed by atoms with E-state index in [1.54, 1.807) is 24.5 Å². The Morgan fingerprint density at radius 3 is 2.70 bits per heavy atom. The second-order valence-corrected chi connectivity index (χ2v) is 9.08. The lowest BCUT2D eigenvalue weighted by molar-refractivity contribution is -0.118. The number of carbonyl (C=O) groups excluding carboxylic acids is 1. The Kier molecular flexibility index (Phi) is 6.98. The van der Waals surface area contributed by atoms with Gasteiger partial charge in [-0.25, -0.2) is 4.98 Å². The number of pyridine rings is 1. The minimum Gasteiger partial charge on any atom is -0.489 e. The van der Waals surface area contributed by atoms with Crippen molar-refractivity contribution in [2.24, 2.45) is 5.73 Å². The summed E-state index contributed by atoms with van der Waals surface area (Å²) in [5.41, 5.74) is 10.7. The summed E-state index contributed by atoms with van der Waals surface area (Å²) in [5.74, 6) is 6.10. The van der Waals surface area contributed by atoms with Crippen LogP contribution in [-0.4, -0.2) is 10.9 Å². The monoisotopic (exact) mass is 474 g/mol. The molecular weight excluding hydrogens is 452 g/mol. The van der Waals surface area contributed by atoms with Gasteiger partial charge in [-0.05, 0) is 71.8 Å². The molecule has 0 fully saturated rings. The summed E-state index contributed by atoms with van der Waals surface area (Å²) in [6.45, 7) is 4.24. The Balaban J connectivity index is 1.52. The highest BCUT2D eigenvalue weighted by Crippen LogP contribution is 2.37. The predicted molar refractivity (Wildman–Crippen MR) is 136 cm³/mol. The van der Waals surface area contributed by atoms with Gasteiger partial charge in [-0.15, -0.1) is 17.3 Å². The van der Waals surface area contributed by atoms with Crippen molar-refractivity contribution in [2.75, 3.05) is 0 Å². The molecule has 33 heavy (non-hydrogen) atoms. The number of ether oxygens (including phenoxy) is 1. The number of nitrogens with zero attached hydrogens (tertiary/aromatic N) is 1. The van der Waals surface area contributed by atoms with Crippen LogP contribution in [0.1, 0.15) is 36.0 Å². The van der Waals surface area contributed by atoms with Gasteiger partial charge in [-0.2, -0.15) is 0 Å². The third-order valence-corrected chi connectivity index (χ3v) is 6.58. The molecule has 0 radical (unpaired) electrons. The maximum atomic E-state index is 11.3. The van der Waals surface area contributed by atoms with Crippen LogP contribution in [0.15, 0.2) is 60.1 Å². The highest BCUT2D eigenvalue weighted by molar-refractivity contribution is 7.17. The first-order chi connectivity index (χ1) is 15.9. The summed E-state index contributed by atoms with van der Waals surface area (Å²) in [6, 6.07) is 16.0. The largest absolute Gasteiger partial charge is 0.489 e. The zero-order valence-electron chi connectivity index (χ0n) is 18.4. The van der Waals surface area contributed by atoms with Crippen molar-refractivity contribution in [1.82, 2.24) is 4.98 Å². The van der Waals surface area contributed by atoms with E-state index >= 15 is 0 Å². The first kappa shape index (κ1) is 22.8. The van der Waals surface area contributed by atoms with E-state index in [9.17, 15) is 4.79 Å². The predicted octanol–water partition coefficient (Wildman–Crippen LogP) is 6.49. The Morgan fingerprint density at radius 2 is 1.97 bits per heavy atom. The van der Waals surface area contributed by atoms with Gasteiger partial charge in [0.2, 0.25) is 5.91 Å². The third kappa shape index (κ3) is 5.36. The number of carbonyl (C=O) groups is 1. The second-order valence-electron chi connectivity index (χ2n) is 7.78. The van der Waals surface area contributed by atoms with Gasteiger partial charge in [0.05, 0.1) is 5.92 Å². The molecule has 2 heterocycles. The molecule has 4 rings (SSSR count). The number of rotatable bonds is 7. The summed E-state index contributed by atoms with van der Waals surface area (Å²) in [4.78, 5) is 15.5. The minimum absolute atomic E-state index is 0.201. The fourth-order valence-electron chi connectivity index (χ4n) is 3.75. The maximum Gasteiger partial charge on any atom is 0.219 e. The molecule has 4 nitrogen and oxygen atoms in total. The molecule has 4 aromatic rings. The van der Waals surface area contributed by atoms with E-state index in [2.05, 4.69) is 40.4 Å². The first-order valence-electron chi connectivity index (χ1n) is 10.5. The Labute approximate surface area is 202 Å². The number of hydrogen-bond acceptors (Lipinski definition) is 4. The molecule has 0 unspecified atom stereocenters. The van der Waals surface area contributed by atoms with Gasteiger partial charge >= 0.3 is 0 Å². The number of aryl methyl sites for hydroxylation is 1. The number of aromatic nitrogens is 1. The van der Waals surface area contributed by atoms with Gasteiger partial charge in [-0.1, -0.05) is 35.7 Å². The van der Waals surface area contributed by atoms with Gasteiger partial charge in [-0.3, -0.25) is 4.79 Å². The minimum atomic E-state index is -0.365. The van der Waals surface area contributed by atoms with E-state index in [-0.39, 0.29) is 18.2 Å². The average Bonchev–Trinajstić information content (AvgIpc) is 3.22. The summed E-state index contributed by atoms with van der Waals surface area (Å²) in [7, 11) is 0. The fourth-order valence-corrected chi connectivity index (χ4v) is 4.85.